The number of hydrogen-bond donors (Lipinski definition) is 0. The summed E-state index contributed by atoms with van der Waals surface area (Å²) in [6.45, 7) is 5.81. The quantitative estimate of drug-likeness (QED) is 0.788. The first kappa shape index (κ1) is 17.5. The molecule has 0 N–H and O–H groups in total. The molecule has 5 nitrogen and oxygen atoms in total. The second-order valence-electron chi connectivity index (χ2n) is 6.32. The third-order valence-corrected chi connectivity index (χ3v) is 5.66. The molecule has 0 bridgehead atoms. The number of para-hydroxylation sites is 1. The number of hydrogen-bond acceptors (Lipinski definition) is 4. The molecule has 0 atom stereocenters. The number of carbonyl (C=O) groups excluding carboxylic acids is 1. The maximum Gasteiger partial charge on any atom is 0.339 e. The first-order valence-corrected chi connectivity index (χ1v) is 9.62. The summed E-state index contributed by atoms with van der Waals surface area (Å²) in [6.07, 6.45) is 1.56. The van der Waals surface area contributed by atoms with Crippen LogP contribution in [0.3, 0.4) is 0 Å². The van der Waals surface area contributed by atoms with E-state index in [1.165, 1.54) is 13.0 Å². The Morgan fingerprint density at radius 2 is 1.80 bits per heavy atom. The fourth-order valence-electron chi connectivity index (χ4n) is 3.14. The van der Waals surface area contributed by atoms with Crippen LogP contribution in [-0.4, -0.2) is 20.9 Å². The topological polar surface area (TPSA) is 63.7 Å². The third-order valence-electron chi connectivity index (χ3n) is 4.44. The molecule has 0 radical (unpaired) electrons. The molecular formula is C19H21NO4S. The molecule has 6 heteroatoms. The van der Waals surface area contributed by atoms with E-state index in [-0.39, 0.29) is 10.8 Å². The third kappa shape index (κ3) is 3.39. The number of fused-ring (bicyclic) bond motifs is 1. The molecule has 1 aliphatic rings. The summed E-state index contributed by atoms with van der Waals surface area (Å²) in [5, 5.41) is 0. The van der Waals surface area contributed by atoms with Gasteiger partial charge in [-0.1, -0.05) is 18.2 Å². The van der Waals surface area contributed by atoms with Crippen LogP contribution in [0.15, 0.2) is 41.3 Å². The Labute approximate surface area is 148 Å². The highest BCUT2D eigenvalue weighted by Gasteiger charge is 2.24. The highest BCUT2D eigenvalue weighted by molar-refractivity contribution is 7.87. The Hall–Kier alpha value is -2.34. The SMILES string of the molecule is CC(=O)N1CCCc2cc(S(=O)(=O)Oc3c(C)cccc3C)ccc21. The summed E-state index contributed by atoms with van der Waals surface area (Å²) in [7, 11) is -3.93. The van der Waals surface area contributed by atoms with Crippen molar-refractivity contribution in [2.24, 2.45) is 0 Å². The van der Waals surface area contributed by atoms with Gasteiger partial charge in [0, 0.05) is 19.2 Å². The molecule has 2 aromatic carbocycles. The zero-order chi connectivity index (χ0) is 18.2. The van der Waals surface area contributed by atoms with Crippen molar-refractivity contribution >= 4 is 21.7 Å². The van der Waals surface area contributed by atoms with Crippen LogP contribution in [0.25, 0.3) is 0 Å². The van der Waals surface area contributed by atoms with Crippen LogP contribution in [0.4, 0.5) is 5.69 Å². The van der Waals surface area contributed by atoms with E-state index in [2.05, 4.69) is 0 Å². The zero-order valence-electron chi connectivity index (χ0n) is 14.6. The highest BCUT2D eigenvalue weighted by Crippen LogP contribution is 2.31. The normalized spacial score (nSPS) is 14.1. The standard InChI is InChI=1S/C19H21NO4S/c1-13-6-4-7-14(2)19(13)24-25(22,23)17-9-10-18-16(12-17)8-5-11-20(18)15(3)21/h4,6-7,9-10,12H,5,8,11H2,1-3H3. The molecule has 0 aromatic heterocycles. The number of carbonyl (C=O) groups is 1. The van der Waals surface area contributed by atoms with E-state index in [0.717, 1.165) is 35.2 Å². The lowest BCUT2D eigenvalue weighted by atomic mass is 10.0. The molecule has 0 unspecified atom stereocenters. The van der Waals surface area contributed by atoms with Gasteiger partial charge in [-0.15, -0.1) is 0 Å². The molecule has 0 fully saturated rings. The molecule has 3 rings (SSSR count). The smallest absolute Gasteiger partial charge is 0.339 e. The van der Waals surface area contributed by atoms with E-state index in [0.29, 0.717) is 12.3 Å². The van der Waals surface area contributed by atoms with E-state index < -0.39 is 10.1 Å². The molecule has 0 saturated heterocycles. The van der Waals surface area contributed by atoms with E-state index in [9.17, 15) is 13.2 Å². The van der Waals surface area contributed by atoms with Crippen LogP contribution >= 0.6 is 0 Å². The van der Waals surface area contributed by atoms with Crippen molar-refractivity contribution in [3.63, 3.8) is 0 Å². The van der Waals surface area contributed by atoms with Crippen molar-refractivity contribution in [3.8, 4) is 5.75 Å². The monoisotopic (exact) mass is 359 g/mol. The first-order valence-electron chi connectivity index (χ1n) is 8.21. The highest BCUT2D eigenvalue weighted by atomic mass is 32.2. The van der Waals surface area contributed by atoms with Gasteiger partial charge in [-0.3, -0.25) is 4.79 Å². The van der Waals surface area contributed by atoms with Gasteiger partial charge in [-0.05, 0) is 61.6 Å². The molecule has 2 aromatic rings. The molecule has 0 spiro atoms. The average Bonchev–Trinajstić information content (AvgIpc) is 2.57. The lowest BCUT2D eigenvalue weighted by Gasteiger charge is -2.28. The van der Waals surface area contributed by atoms with Crippen LogP contribution in [0.2, 0.25) is 0 Å². The first-order chi connectivity index (χ1) is 11.8. The number of benzene rings is 2. The summed E-state index contributed by atoms with van der Waals surface area (Å²) < 4.78 is 30.8. The second kappa shape index (κ2) is 6.52. The molecule has 132 valence electrons. The Morgan fingerprint density at radius 3 is 2.44 bits per heavy atom. The number of anilines is 1. The lowest BCUT2D eigenvalue weighted by Crippen LogP contribution is -2.33. The van der Waals surface area contributed by atoms with Gasteiger partial charge >= 0.3 is 10.1 Å². The van der Waals surface area contributed by atoms with E-state index >= 15 is 0 Å². The summed E-state index contributed by atoms with van der Waals surface area (Å²) in [4.78, 5) is 13.5. The van der Waals surface area contributed by atoms with Crippen LogP contribution in [0, 0.1) is 13.8 Å². The van der Waals surface area contributed by atoms with Gasteiger partial charge in [0.15, 0.2) is 0 Å². The molecule has 1 aliphatic heterocycles. The molecule has 0 aliphatic carbocycles. The van der Waals surface area contributed by atoms with Crippen LogP contribution < -0.4 is 9.08 Å². The average molecular weight is 359 g/mol. The maximum absolute atomic E-state index is 12.7. The number of nitrogens with zero attached hydrogens (tertiary/aromatic N) is 1. The van der Waals surface area contributed by atoms with E-state index in [1.54, 1.807) is 17.0 Å². The summed E-state index contributed by atoms with van der Waals surface area (Å²) in [6, 6.07) is 10.3. The summed E-state index contributed by atoms with van der Waals surface area (Å²) >= 11 is 0. The fraction of sp³-hybridized carbons (Fsp3) is 0.316. The molecular weight excluding hydrogens is 338 g/mol. The second-order valence-corrected chi connectivity index (χ2v) is 7.87. The van der Waals surface area contributed by atoms with Crippen molar-refractivity contribution in [2.45, 2.75) is 38.5 Å². The van der Waals surface area contributed by atoms with E-state index in [4.69, 9.17) is 4.18 Å². The number of amides is 1. The Kier molecular flexibility index (Phi) is 4.56. The minimum Gasteiger partial charge on any atom is -0.378 e. The molecule has 1 amide bonds. The predicted molar refractivity (Wildman–Crippen MR) is 96.5 cm³/mol. The van der Waals surface area contributed by atoms with Gasteiger partial charge in [0.2, 0.25) is 5.91 Å². The van der Waals surface area contributed by atoms with Crippen molar-refractivity contribution < 1.29 is 17.4 Å². The van der Waals surface area contributed by atoms with Crippen molar-refractivity contribution in [1.82, 2.24) is 0 Å². The maximum atomic E-state index is 12.7. The van der Waals surface area contributed by atoms with Crippen molar-refractivity contribution in [3.05, 3.63) is 53.1 Å². The van der Waals surface area contributed by atoms with Gasteiger partial charge in [0.1, 0.15) is 10.6 Å². The molecule has 0 saturated carbocycles. The van der Waals surface area contributed by atoms with E-state index in [1.807, 2.05) is 32.0 Å². The number of aryl methyl sites for hydroxylation is 3. The summed E-state index contributed by atoms with van der Waals surface area (Å²) in [5.41, 5.74) is 3.17. The van der Waals surface area contributed by atoms with Crippen LogP contribution in [-0.2, 0) is 21.3 Å². The largest absolute Gasteiger partial charge is 0.378 e. The number of rotatable bonds is 3. The predicted octanol–water partition coefficient (Wildman–Crippen LogP) is 3.37. The minimum atomic E-state index is -3.93. The van der Waals surface area contributed by atoms with Gasteiger partial charge in [0.25, 0.3) is 0 Å². The van der Waals surface area contributed by atoms with Crippen molar-refractivity contribution in [2.75, 3.05) is 11.4 Å². The van der Waals surface area contributed by atoms with Crippen LogP contribution in [0.1, 0.15) is 30.0 Å². The zero-order valence-corrected chi connectivity index (χ0v) is 15.4. The van der Waals surface area contributed by atoms with Gasteiger partial charge < -0.3 is 9.08 Å². The van der Waals surface area contributed by atoms with Gasteiger partial charge in [0.05, 0.1) is 0 Å². The van der Waals surface area contributed by atoms with Gasteiger partial charge in [-0.2, -0.15) is 8.42 Å². The minimum absolute atomic E-state index is 0.0386. The van der Waals surface area contributed by atoms with Gasteiger partial charge in [-0.25, -0.2) is 0 Å². The lowest BCUT2D eigenvalue weighted by molar-refractivity contribution is -0.116. The van der Waals surface area contributed by atoms with Crippen molar-refractivity contribution in [1.29, 1.82) is 0 Å². The summed E-state index contributed by atoms with van der Waals surface area (Å²) in [5.74, 6) is 0.328. The Bertz CT molecular complexity index is 914. The van der Waals surface area contributed by atoms with Crippen LogP contribution in [0.5, 0.6) is 5.75 Å². The molecule has 25 heavy (non-hydrogen) atoms. The fourth-order valence-corrected chi connectivity index (χ4v) is 4.24. The molecule has 1 heterocycles. The Morgan fingerprint density at radius 1 is 1.12 bits per heavy atom. The Balaban J connectivity index is 1.98.